The molecular formula is C24H21N5. The molecule has 0 saturated carbocycles. The Labute approximate surface area is 169 Å². The zero-order valence-electron chi connectivity index (χ0n) is 16.1. The van der Waals surface area contributed by atoms with Gasteiger partial charge in [0.1, 0.15) is 6.07 Å². The normalized spacial score (nSPS) is 13.3. The second-order valence-corrected chi connectivity index (χ2v) is 7.39. The SMILES string of the molecule is N#Cc1cnc2ccccc2c1N1CCc2c(ncn2CCc2ccccc2)C1. The molecule has 5 nitrogen and oxygen atoms in total. The highest BCUT2D eigenvalue weighted by Crippen LogP contribution is 2.32. The van der Waals surface area contributed by atoms with Crippen LogP contribution < -0.4 is 4.90 Å². The first-order chi connectivity index (χ1) is 14.3. The Hall–Kier alpha value is -3.65. The maximum absolute atomic E-state index is 9.65. The van der Waals surface area contributed by atoms with Crippen LogP contribution in [0.4, 0.5) is 5.69 Å². The minimum atomic E-state index is 0.621. The second kappa shape index (κ2) is 7.40. The van der Waals surface area contributed by atoms with Gasteiger partial charge in [-0.2, -0.15) is 5.26 Å². The van der Waals surface area contributed by atoms with Gasteiger partial charge in [0.25, 0.3) is 0 Å². The average molecular weight is 379 g/mol. The van der Waals surface area contributed by atoms with Crippen molar-refractivity contribution in [3.05, 3.63) is 89.6 Å². The average Bonchev–Trinajstić information content (AvgIpc) is 3.19. The molecule has 4 aromatic rings. The molecule has 0 atom stereocenters. The lowest BCUT2D eigenvalue weighted by atomic mass is 10.0. The van der Waals surface area contributed by atoms with E-state index < -0.39 is 0 Å². The molecule has 2 aromatic carbocycles. The second-order valence-electron chi connectivity index (χ2n) is 7.39. The highest BCUT2D eigenvalue weighted by Gasteiger charge is 2.24. The van der Waals surface area contributed by atoms with E-state index in [1.807, 2.05) is 30.6 Å². The first-order valence-corrected chi connectivity index (χ1v) is 9.93. The van der Waals surface area contributed by atoms with E-state index in [2.05, 4.69) is 50.9 Å². The summed E-state index contributed by atoms with van der Waals surface area (Å²) < 4.78 is 2.29. The molecule has 0 fully saturated rings. The smallest absolute Gasteiger partial charge is 0.103 e. The first kappa shape index (κ1) is 17.4. The van der Waals surface area contributed by atoms with Crippen LogP contribution in [0.25, 0.3) is 10.9 Å². The van der Waals surface area contributed by atoms with E-state index in [1.165, 1.54) is 11.3 Å². The Morgan fingerprint density at radius 2 is 1.83 bits per heavy atom. The molecule has 0 N–H and O–H groups in total. The van der Waals surface area contributed by atoms with Crippen molar-refractivity contribution in [2.45, 2.75) is 25.9 Å². The van der Waals surface area contributed by atoms with E-state index >= 15 is 0 Å². The van der Waals surface area contributed by atoms with Gasteiger partial charge in [0.2, 0.25) is 0 Å². The molecule has 1 aliphatic heterocycles. The summed E-state index contributed by atoms with van der Waals surface area (Å²) in [7, 11) is 0. The van der Waals surface area contributed by atoms with Gasteiger partial charge < -0.3 is 9.47 Å². The van der Waals surface area contributed by atoms with Crippen molar-refractivity contribution in [3.63, 3.8) is 0 Å². The van der Waals surface area contributed by atoms with Gasteiger partial charge in [0.15, 0.2) is 0 Å². The predicted molar refractivity (Wildman–Crippen MR) is 114 cm³/mol. The number of nitriles is 1. The van der Waals surface area contributed by atoms with Crippen LogP contribution in [-0.4, -0.2) is 21.1 Å². The van der Waals surface area contributed by atoms with Crippen molar-refractivity contribution in [3.8, 4) is 6.07 Å². The molecule has 2 aromatic heterocycles. The van der Waals surface area contributed by atoms with E-state index in [1.54, 1.807) is 6.20 Å². The van der Waals surface area contributed by atoms with Gasteiger partial charge in [-0.3, -0.25) is 4.98 Å². The maximum atomic E-state index is 9.65. The Kier molecular flexibility index (Phi) is 4.45. The molecular weight excluding hydrogens is 358 g/mol. The number of para-hydroxylation sites is 1. The fourth-order valence-electron chi connectivity index (χ4n) is 4.20. The van der Waals surface area contributed by atoms with Crippen LogP contribution in [0.2, 0.25) is 0 Å². The summed E-state index contributed by atoms with van der Waals surface area (Å²) in [6, 6.07) is 20.9. The number of pyridine rings is 1. The summed E-state index contributed by atoms with van der Waals surface area (Å²) in [5, 5.41) is 10.7. The highest BCUT2D eigenvalue weighted by atomic mass is 15.2. The van der Waals surface area contributed by atoms with Crippen LogP contribution in [0.5, 0.6) is 0 Å². The molecule has 5 rings (SSSR count). The third-order valence-electron chi connectivity index (χ3n) is 5.66. The summed E-state index contributed by atoms with van der Waals surface area (Å²) in [6.07, 6.45) is 5.57. The number of fused-ring (bicyclic) bond motifs is 2. The Balaban J connectivity index is 1.42. The minimum Gasteiger partial charge on any atom is -0.364 e. The fraction of sp³-hybridized carbons (Fsp3) is 0.208. The van der Waals surface area contributed by atoms with E-state index in [0.29, 0.717) is 5.56 Å². The van der Waals surface area contributed by atoms with Crippen molar-refractivity contribution < 1.29 is 0 Å². The molecule has 29 heavy (non-hydrogen) atoms. The number of hydrogen-bond acceptors (Lipinski definition) is 4. The summed E-state index contributed by atoms with van der Waals surface area (Å²) >= 11 is 0. The molecule has 0 radical (unpaired) electrons. The number of aryl methyl sites for hydroxylation is 2. The lowest BCUT2D eigenvalue weighted by Crippen LogP contribution is -2.32. The number of aromatic nitrogens is 3. The van der Waals surface area contributed by atoms with Crippen molar-refractivity contribution in [2.24, 2.45) is 0 Å². The van der Waals surface area contributed by atoms with Gasteiger partial charge >= 0.3 is 0 Å². The van der Waals surface area contributed by atoms with E-state index in [0.717, 1.165) is 54.8 Å². The Morgan fingerprint density at radius 1 is 1.00 bits per heavy atom. The number of hydrogen-bond donors (Lipinski definition) is 0. The monoisotopic (exact) mass is 379 g/mol. The maximum Gasteiger partial charge on any atom is 0.103 e. The highest BCUT2D eigenvalue weighted by molar-refractivity contribution is 5.94. The van der Waals surface area contributed by atoms with E-state index in [9.17, 15) is 5.26 Å². The van der Waals surface area contributed by atoms with Gasteiger partial charge in [0, 0.05) is 36.8 Å². The zero-order valence-corrected chi connectivity index (χ0v) is 16.1. The molecule has 5 heteroatoms. The van der Waals surface area contributed by atoms with Crippen LogP contribution in [0.3, 0.4) is 0 Å². The zero-order chi connectivity index (χ0) is 19.6. The summed E-state index contributed by atoms with van der Waals surface area (Å²) in [5.74, 6) is 0. The van der Waals surface area contributed by atoms with Gasteiger partial charge in [0.05, 0.1) is 35.3 Å². The van der Waals surface area contributed by atoms with Crippen LogP contribution in [-0.2, 0) is 25.9 Å². The molecule has 1 aliphatic rings. The Bertz CT molecular complexity index is 1200. The molecule has 142 valence electrons. The quantitative estimate of drug-likeness (QED) is 0.535. The van der Waals surface area contributed by atoms with Crippen molar-refractivity contribution >= 4 is 16.6 Å². The minimum absolute atomic E-state index is 0.621. The largest absolute Gasteiger partial charge is 0.364 e. The predicted octanol–water partition coefficient (Wildman–Crippen LogP) is 4.11. The number of rotatable bonds is 4. The molecule has 0 spiro atoms. The van der Waals surface area contributed by atoms with Gasteiger partial charge in [-0.25, -0.2) is 4.98 Å². The molecule has 0 amide bonds. The van der Waals surface area contributed by atoms with Gasteiger partial charge in [-0.1, -0.05) is 48.5 Å². The molecule has 3 heterocycles. The van der Waals surface area contributed by atoms with Crippen molar-refractivity contribution in [1.82, 2.24) is 14.5 Å². The molecule has 0 bridgehead atoms. The number of benzene rings is 2. The van der Waals surface area contributed by atoms with Crippen LogP contribution in [0, 0.1) is 11.3 Å². The topological polar surface area (TPSA) is 57.7 Å². The third-order valence-corrected chi connectivity index (χ3v) is 5.66. The van der Waals surface area contributed by atoms with Gasteiger partial charge in [-0.05, 0) is 18.1 Å². The Morgan fingerprint density at radius 3 is 2.69 bits per heavy atom. The molecule has 0 aliphatic carbocycles. The van der Waals surface area contributed by atoms with Gasteiger partial charge in [-0.15, -0.1) is 0 Å². The fourth-order valence-corrected chi connectivity index (χ4v) is 4.20. The van der Waals surface area contributed by atoms with Crippen LogP contribution in [0.1, 0.15) is 22.5 Å². The summed E-state index contributed by atoms with van der Waals surface area (Å²) in [5.41, 5.74) is 6.27. The molecule has 0 unspecified atom stereocenters. The summed E-state index contributed by atoms with van der Waals surface area (Å²) in [4.78, 5) is 11.4. The lowest BCUT2D eigenvalue weighted by molar-refractivity contribution is 0.625. The number of anilines is 1. The number of imidazole rings is 1. The van der Waals surface area contributed by atoms with Crippen LogP contribution in [0.15, 0.2) is 67.1 Å². The summed E-state index contributed by atoms with van der Waals surface area (Å²) in [6.45, 7) is 2.52. The van der Waals surface area contributed by atoms with Crippen LogP contribution >= 0.6 is 0 Å². The molecule has 0 saturated heterocycles. The lowest BCUT2D eigenvalue weighted by Gasteiger charge is -2.30. The van der Waals surface area contributed by atoms with Crippen molar-refractivity contribution in [1.29, 1.82) is 5.26 Å². The standard InChI is InChI=1S/C24H21N5/c25-14-19-15-26-21-9-5-4-8-20(21)24(19)28-13-11-23-22(16-28)27-17-29(23)12-10-18-6-2-1-3-7-18/h1-9,15,17H,10-13,16H2. The number of nitrogens with zero attached hydrogens (tertiary/aromatic N) is 5. The third kappa shape index (κ3) is 3.23. The van der Waals surface area contributed by atoms with E-state index in [-0.39, 0.29) is 0 Å². The van der Waals surface area contributed by atoms with E-state index in [4.69, 9.17) is 4.98 Å². The van der Waals surface area contributed by atoms with Crippen molar-refractivity contribution in [2.75, 3.05) is 11.4 Å². The first-order valence-electron chi connectivity index (χ1n) is 9.93.